The zero-order valence-electron chi connectivity index (χ0n) is 42.6. The maximum Gasteiger partial charge on any atom is 0.412 e. The van der Waals surface area contributed by atoms with E-state index in [2.05, 4.69) is 5.32 Å². The van der Waals surface area contributed by atoms with Gasteiger partial charge < -0.3 is 38.9 Å². The van der Waals surface area contributed by atoms with Gasteiger partial charge in [-0.2, -0.15) is 0 Å². The van der Waals surface area contributed by atoms with Gasteiger partial charge in [0.05, 0.1) is 30.6 Å². The van der Waals surface area contributed by atoms with E-state index in [9.17, 15) is 28.8 Å². The molecule has 4 aromatic rings. The summed E-state index contributed by atoms with van der Waals surface area (Å²) in [6.45, 7) is 21.6. The molecule has 0 aromatic heterocycles. The number of carbonyl (C=O) groups is 6. The van der Waals surface area contributed by atoms with Crippen molar-refractivity contribution in [1.29, 1.82) is 0 Å². The standard InChI is InChI=1S/C43H48N2O9.C12H22O4/c1-42(2,3)53-36(46)24-20-31-19-23-35(51-27-29-14-9-7-10-15-29)38(37(31)39(44)47)50-25-13-18-32-26-33(45-41(49)54-43(4,5)6)21-22-34(32)40(48)52-28-30-16-11-8-12-17-30;1-11(2,3)15-9(13)7-8-10(14)16-12(4,5)6/h7-12,14-17,19-24,26H,13,18,25,27-28H2,1-6H3,(H2,44,47)(H,45,49);7-8H2,1-6H3/b24-20+;. The Labute approximate surface area is 412 Å². The van der Waals surface area contributed by atoms with Crippen LogP contribution in [0.1, 0.15) is 145 Å². The molecule has 0 bridgehead atoms. The monoisotopic (exact) mass is 966 g/mol. The highest BCUT2D eigenvalue weighted by atomic mass is 16.6. The van der Waals surface area contributed by atoms with Crippen molar-refractivity contribution in [2.75, 3.05) is 11.9 Å². The lowest BCUT2D eigenvalue weighted by Crippen LogP contribution is -2.27. The number of aryl methyl sites for hydroxylation is 1. The van der Waals surface area contributed by atoms with Crippen molar-refractivity contribution < 1.29 is 61.9 Å². The summed E-state index contributed by atoms with van der Waals surface area (Å²) >= 11 is 0. The van der Waals surface area contributed by atoms with Crippen molar-refractivity contribution in [2.45, 2.75) is 144 Å². The Hall–Kier alpha value is -7.16. The third-order valence-electron chi connectivity index (χ3n) is 8.84. The van der Waals surface area contributed by atoms with Crippen LogP contribution < -0.4 is 20.5 Å². The Kier molecular flexibility index (Phi) is 21.2. The molecule has 0 unspecified atom stereocenters. The van der Waals surface area contributed by atoms with Gasteiger partial charge in [0.15, 0.2) is 11.5 Å². The van der Waals surface area contributed by atoms with Crippen LogP contribution >= 0.6 is 0 Å². The minimum atomic E-state index is -0.789. The van der Waals surface area contributed by atoms with E-state index in [0.29, 0.717) is 35.2 Å². The highest BCUT2D eigenvalue weighted by molar-refractivity contribution is 6.01. The summed E-state index contributed by atoms with van der Waals surface area (Å²) in [7, 11) is 0. The van der Waals surface area contributed by atoms with Gasteiger partial charge in [-0.15, -0.1) is 0 Å². The molecule has 4 aromatic carbocycles. The molecule has 2 amide bonds. The van der Waals surface area contributed by atoms with Crippen LogP contribution in [0, 0.1) is 0 Å². The molecule has 0 aliphatic heterocycles. The lowest BCUT2D eigenvalue weighted by molar-refractivity contribution is -0.162. The Morgan fingerprint density at radius 3 is 1.64 bits per heavy atom. The average molecular weight is 967 g/mol. The number of primary amides is 1. The zero-order valence-corrected chi connectivity index (χ0v) is 42.6. The van der Waals surface area contributed by atoms with Crippen LogP contribution in [0.2, 0.25) is 0 Å². The molecule has 0 aliphatic carbocycles. The highest BCUT2D eigenvalue weighted by Crippen LogP contribution is 2.36. The van der Waals surface area contributed by atoms with Crippen LogP contribution in [0.5, 0.6) is 11.5 Å². The number of hydrogen-bond acceptors (Lipinski definition) is 13. The van der Waals surface area contributed by atoms with Crippen molar-refractivity contribution in [3.8, 4) is 11.5 Å². The zero-order chi connectivity index (χ0) is 52.3. The molecule has 15 heteroatoms. The maximum absolute atomic E-state index is 13.3. The highest BCUT2D eigenvalue weighted by Gasteiger charge is 2.24. The molecule has 70 heavy (non-hydrogen) atoms. The van der Waals surface area contributed by atoms with E-state index in [-0.39, 0.29) is 61.7 Å². The van der Waals surface area contributed by atoms with E-state index >= 15 is 0 Å². The first-order chi connectivity index (χ1) is 32.6. The normalized spacial score (nSPS) is 11.6. The second-order valence-electron chi connectivity index (χ2n) is 20.0. The number of nitrogens with one attached hydrogen (secondary N) is 1. The number of rotatable bonds is 18. The quantitative estimate of drug-likeness (QED) is 0.0413. The van der Waals surface area contributed by atoms with Crippen LogP contribution in [0.15, 0.2) is 97.1 Å². The van der Waals surface area contributed by atoms with E-state index in [4.69, 9.17) is 38.9 Å². The summed E-state index contributed by atoms with van der Waals surface area (Å²) < 4.78 is 38.9. The van der Waals surface area contributed by atoms with Crippen LogP contribution in [0.3, 0.4) is 0 Å². The fourth-order valence-electron chi connectivity index (χ4n) is 6.18. The Morgan fingerprint density at radius 1 is 0.600 bits per heavy atom. The number of amides is 2. The number of ether oxygens (including phenoxy) is 7. The smallest absolute Gasteiger partial charge is 0.412 e. The van der Waals surface area contributed by atoms with Crippen molar-refractivity contribution in [3.63, 3.8) is 0 Å². The van der Waals surface area contributed by atoms with Gasteiger partial charge in [-0.05, 0) is 149 Å². The first kappa shape index (κ1) is 57.2. The Balaban J connectivity index is 0.000000691. The van der Waals surface area contributed by atoms with Gasteiger partial charge in [-0.3, -0.25) is 19.7 Å². The molecule has 4 rings (SSSR count). The minimum Gasteiger partial charge on any atom is -0.489 e. The fourth-order valence-corrected chi connectivity index (χ4v) is 6.18. The number of anilines is 1. The molecular weight excluding hydrogens is 897 g/mol. The van der Waals surface area contributed by atoms with Crippen LogP contribution in [-0.4, -0.2) is 64.9 Å². The molecule has 3 N–H and O–H groups in total. The number of esters is 4. The minimum absolute atomic E-state index is 0.0223. The Bertz CT molecular complexity index is 2390. The molecule has 0 fully saturated rings. The van der Waals surface area contributed by atoms with E-state index in [1.165, 1.54) is 12.2 Å². The topological polar surface area (TPSA) is 205 Å². The van der Waals surface area contributed by atoms with Gasteiger partial charge in [0.2, 0.25) is 0 Å². The number of hydrogen-bond donors (Lipinski definition) is 2. The lowest BCUT2D eigenvalue weighted by Gasteiger charge is -2.21. The SMILES string of the molecule is CC(C)(C)OC(=O)/C=C/c1ccc(OCc2ccccc2)c(OCCCc2cc(NC(=O)OC(C)(C)C)ccc2C(=O)OCc2ccccc2)c1C(N)=O.CC(C)(C)OC(=O)CCC(=O)OC(C)(C)C. The summed E-state index contributed by atoms with van der Waals surface area (Å²) in [4.78, 5) is 73.9. The molecule has 0 aliphatic rings. The van der Waals surface area contributed by atoms with Gasteiger partial charge in [0.1, 0.15) is 35.6 Å². The number of carbonyl (C=O) groups excluding carboxylic acids is 6. The average Bonchev–Trinajstić information content (AvgIpc) is 3.23. The first-order valence-electron chi connectivity index (χ1n) is 23.0. The predicted molar refractivity (Wildman–Crippen MR) is 267 cm³/mol. The second-order valence-corrected chi connectivity index (χ2v) is 20.0. The van der Waals surface area contributed by atoms with Gasteiger partial charge in [0.25, 0.3) is 5.91 Å². The molecular formula is C55H70N2O13. The number of nitrogens with two attached hydrogens (primary N) is 1. The number of benzene rings is 4. The van der Waals surface area contributed by atoms with E-state index in [1.807, 2.05) is 60.7 Å². The van der Waals surface area contributed by atoms with Gasteiger partial charge in [-0.25, -0.2) is 14.4 Å². The third-order valence-corrected chi connectivity index (χ3v) is 8.84. The van der Waals surface area contributed by atoms with Crippen molar-refractivity contribution in [3.05, 3.63) is 130 Å². The summed E-state index contributed by atoms with van der Waals surface area (Å²) in [5.74, 6) is -2.29. The molecule has 0 saturated carbocycles. The molecule has 0 saturated heterocycles. The largest absolute Gasteiger partial charge is 0.489 e. The lowest BCUT2D eigenvalue weighted by atomic mass is 10.0. The Morgan fingerprint density at radius 2 is 1.13 bits per heavy atom. The molecule has 15 nitrogen and oxygen atoms in total. The summed E-state index contributed by atoms with van der Waals surface area (Å²) in [5, 5.41) is 2.72. The first-order valence-corrected chi connectivity index (χ1v) is 23.0. The van der Waals surface area contributed by atoms with Crippen molar-refractivity contribution >= 4 is 47.6 Å². The maximum atomic E-state index is 13.3. The van der Waals surface area contributed by atoms with E-state index < -0.39 is 46.3 Å². The van der Waals surface area contributed by atoms with Crippen molar-refractivity contribution in [1.82, 2.24) is 0 Å². The second kappa shape index (κ2) is 26.0. The van der Waals surface area contributed by atoms with Crippen LogP contribution in [-0.2, 0) is 57.7 Å². The van der Waals surface area contributed by atoms with Crippen molar-refractivity contribution in [2.24, 2.45) is 5.73 Å². The van der Waals surface area contributed by atoms with Crippen LogP contribution in [0.4, 0.5) is 10.5 Å². The predicted octanol–water partition coefficient (Wildman–Crippen LogP) is 10.9. The van der Waals surface area contributed by atoms with Gasteiger partial charge >= 0.3 is 30.0 Å². The molecule has 378 valence electrons. The van der Waals surface area contributed by atoms with E-state index in [1.54, 1.807) is 113 Å². The fraction of sp³-hybridized carbons (Fsp3) is 0.418. The van der Waals surface area contributed by atoms with Crippen LogP contribution in [0.25, 0.3) is 6.08 Å². The summed E-state index contributed by atoms with van der Waals surface area (Å²) in [6.07, 6.45) is 2.83. The van der Waals surface area contributed by atoms with Gasteiger partial charge in [-0.1, -0.05) is 66.7 Å². The summed E-state index contributed by atoms with van der Waals surface area (Å²) in [6, 6.07) is 27.0. The molecule has 0 heterocycles. The molecule has 0 spiro atoms. The molecule has 0 radical (unpaired) electrons. The summed E-state index contributed by atoms with van der Waals surface area (Å²) in [5.41, 5.74) is 6.88. The van der Waals surface area contributed by atoms with E-state index in [0.717, 1.165) is 11.1 Å². The molecule has 0 atom stereocenters. The third kappa shape index (κ3) is 22.8. The van der Waals surface area contributed by atoms with Gasteiger partial charge in [0, 0.05) is 11.8 Å².